The van der Waals surface area contributed by atoms with Gasteiger partial charge in [0.15, 0.2) is 0 Å². The van der Waals surface area contributed by atoms with E-state index in [9.17, 15) is 9.59 Å². The normalized spacial score (nSPS) is 10.3. The molecule has 4 heteroatoms. The zero-order chi connectivity index (χ0) is 14.3. The van der Waals surface area contributed by atoms with E-state index < -0.39 is 0 Å². The van der Waals surface area contributed by atoms with E-state index in [0.717, 1.165) is 17.9 Å². The standard InChI is InChI=1S/C15H21NO3/c1-11(2)15(18)5-4-10-19-14-8-6-13(7-9-14)16-12(3)17/h6-9,11H,4-5,10H2,1-3H3,(H,16,17). The van der Waals surface area contributed by atoms with Crippen molar-refractivity contribution in [2.45, 2.75) is 33.6 Å². The van der Waals surface area contributed by atoms with Gasteiger partial charge < -0.3 is 10.1 Å². The van der Waals surface area contributed by atoms with Crippen LogP contribution in [-0.4, -0.2) is 18.3 Å². The molecule has 0 atom stereocenters. The van der Waals surface area contributed by atoms with Gasteiger partial charge in [-0.1, -0.05) is 13.8 Å². The van der Waals surface area contributed by atoms with E-state index in [1.54, 1.807) is 24.3 Å². The molecule has 0 bridgehead atoms. The Bertz CT molecular complexity index is 424. The van der Waals surface area contributed by atoms with Crippen molar-refractivity contribution >= 4 is 17.4 Å². The second kappa shape index (κ2) is 7.56. The topological polar surface area (TPSA) is 55.4 Å². The van der Waals surface area contributed by atoms with Crippen molar-refractivity contribution in [2.75, 3.05) is 11.9 Å². The van der Waals surface area contributed by atoms with Crippen molar-refractivity contribution < 1.29 is 14.3 Å². The number of carbonyl (C=O) groups is 2. The Balaban J connectivity index is 2.30. The fraction of sp³-hybridized carbons (Fsp3) is 0.467. The number of anilines is 1. The summed E-state index contributed by atoms with van der Waals surface area (Å²) in [6, 6.07) is 7.18. The number of nitrogens with one attached hydrogen (secondary N) is 1. The molecule has 0 spiro atoms. The van der Waals surface area contributed by atoms with Crippen molar-refractivity contribution in [3.05, 3.63) is 24.3 Å². The molecule has 0 aromatic heterocycles. The number of hydrogen-bond acceptors (Lipinski definition) is 3. The van der Waals surface area contributed by atoms with Gasteiger partial charge in [-0.2, -0.15) is 0 Å². The number of hydrogen-bond donors (Lipinski definition) is 1. The Labute approximate surface area is 114 Å². The minimum Gasteiger partial charge on any atom is -0.494 e. The van der Waals surface area contributed by atoms with Gasteiger partial charge >= 0.3 is 0 Å². The number of rotatable bonds is 7. The first kappa shape index (κ1) is 15.2. The zero-order valence-corrected chi connectivity index (χ0v) is 11.7. The van der Waals surface area contributed by atoms with Gasteiger partial charge in [0.05, 0.1) is 6.61 Å². The maximum atomic E-state index is 11.4. The summed E-state index contributed by atoms with van der Waals surface area (Å²) in [5.41, 5.74) is 0.745. The average molecular weight is 263 g/mol. The van der Waals surface area contributed by atoms with Gasteiger partial charge in [0.1, 0.15) is 11.5 Å². The summed E-state index contributed by atoms with van der Waals surface area (Å²) in [5, 5.41) is 2.69. The lowest BCUT2D eigenvalue weighted by molar-refractivity contribution is -0.122. The second-order valence-corrected chi connectivity index (χ2v) is 4.78. The fourth-order valence-corrected chi connectivity index (χ4v) is 1.56. The van der Waals surface area contributed by atoms with E-state index in [1.807, 2.05) is 13.8 Å². The average Bonchev–Trinajstić information content (AvgIpc) is 2.35. The van der Waals surface area contributed by atoms with Gasteiger partial charge in [0, 0.05) is 24.9 Å². The Morgan fingerprint density at radius 1 is 1.21 bits per heavy atom. The molecule has 1 aromatic rings. The molecule has 0 radical (unpaired) electrons. The van der Waals surface area contributed by atoms with Gasteiger partial charge in [-0.15, -0.1) is 0 Å². The molecule has 0 fully saturated rings. The quantitative estimate of drug-likeness (QED) is 0.769. The molecule has 104 valence electrons. The first-order valence-electron chi connectivity index (χ1n) is 6.52. The van der Waals surface area contributed by atoms with Crippen LogP contribution in [0.1, 0.15) is 33.6 Å². The lowest BCUT2D eigenvalue weighted by atomic mass is 10.1. The molecule has 0 saturated heterocycles. The summed E-state index contributed by atoms with van der Waals surface area (Å²) in [6.07, 6.45) is 1.28. The van der Waals surface area contributed by atoms with Crippen LogP contribution < -0.4 is 10.1 Å². The third-order valence-corrected chi connectivity index (χ3v) is 2.65. The van der Waals surface area contributed by atoms with Crippen molar-refractivity contribution in [2.24, 2.45) is 5.92 Å². The predicted octanol–water partition coefficient (Wildman–Crippen LogP) is 3.03. The van der Waals surface area contributed by atoms with Gasteiger partial charge in [0.2, 0.25) is 5.91 Å². The zero-order valence-electron chi connectivity index (χ0n) is 11.7. The summed E-state index contributed by atoms with van der Waals surface area (Å²) < 4.78 is 5.53. The summed E-state index contributed by atoms with van der Waals surface area (Å²) in [5.74, 6) is 1.01. The lowest BCUT2D eigenvalue weighted by Crippen LogP contribution is -2.09. The number of amides is 1. The van der Waals surface area contributed by atoms with Crippen molar-refractivity contribution in [1.82, 2.24) is 0 Å². The summed E-state index contributed by atoms with van der Waals surface area (Å²) in [6.45, 7) is 5.81. The van der Waals surface area contributed by atoms with Crippen LogP contribution >= 0.6 is 0 Å². The summed E-state index contributed by atoms with van der Waals surface area (Å²) in [7, 11) is 0. The molecular weight excluding hydrogens is 242 g/mol. The molecule has 0 aliphatic carbocycles. The molecule has 0 heterocycles. The molecule has 19 heavy (non-hydrogen) atoms. The van der Waals surface area contributed by atoms with Crippen LogP contribution in [0.5, 0.6) is 5.75 Å². The molecule has 1 aromatic carbocycles. The van der Waals surface area contributed by atoms with Gasteiger partial charge in [0.25, 0.3) is 0 Å². The van der Waals surface area contributed by atoms with Crippen LogP contribution in [-0.2, 0) is 9.59 Å². The third kappa shape index (κ3) is 6.04. The minimum atomic E-state index is -0.0964. The Hall–Kier alpha value is -1.84. The van der Waals surface area contributed by atoms with Crippen molar-refractivity contribution in [3.63, 3.8) is 0 Å². The van der Waals surface area contributed by atoms with Gasteiger partial charge in [-0.05, 0) is 30.7 Å². The van der Waals surface area contributed by atoms with Crippen LogP contribution in [0, 0.1) is 5.92 Å². The predicted molar refractivity (Wildman–Crippen MR) is 75.3 cm³/mol. The highest BCUT2D eigenvalue weighted by Crippen LogP contribution is 2.16. The lowest BCUT2D eigenvalue weighted by Gasteiger charge is -2.08. The van der Waals surface area contributed by atoms with E-state index in [1.165, 1.54) is 6.92 Å². The van der Waals surface area contributed by atoms with E-state index in [2.05, 4.69) is 5.32 Å². The number of Topliss-reactive ketones (excluding diaryl/α,β-unsaturated/α-hetero) is 1. The highest BCUT2D eigenvalue weighted by Gasteiger charge is 2.06. The maximum absolute atomic E-state index is 11.4. The Kier molecular flexibility index (Phi) is 6.06. The van der Waals surface area contributed by atoms with E-state index in [0.29, 0.717) is 13.0 Å². The van der Waals surface area contributed by atoms with E-state index >= 15 is 0 Å². The number of ketones is 1. The molecule has 0 aliphatic rings. The number of benzene rings is 1. The number of ether oxygens (including phenoxy) is 1. The molecule has 1 amide bonds. The molecule has 1 N–H and O–H groups in total. The van der Waals surface area contributed by atoms with Crippen LogP contribution in [0.15, 0.2) is 24.3 Å². The van der Waals surface area contributed by atoms with Gasteiger partial charge in [-0.3, -0.25) is 9.59 Å². The summed E-state index contributed by atoms with van der Waals surface area (Å²) in [4.78, 5) is 22.3. The van der Waals surface area contributed by atoms with Crippen LogP contribution in [0.2, 0.25) is 0 Å². The van der Waals surface area contributed by atoms with Crippen LogP contribution in [0.25, 0.3) is 0 Å². The second-order valence-electron chi connectivity index (χ2n) is 4.78. The maximum Gasteiger partial charge on any atom is 0.221 e. The molecule has 0 aliphatic heterocycles. The van der Waals surface area contributed by atoms with E-state index in [-0.39, 0.29) is 17.6 Å². The first-order chi connectivity index (χ1) is 8.99. The molecule has 4 nitrogen and oxygen atoms in total. The largest absolute Gasteiger partial charge is 0.494 e. The minimum absolute atomic E-state index is 0.0944. The van der Waals surface area contributed by atoms with Crippen molar-refractivity contribution in [1.29, 1.82) is 0 Å². The highest BCUT2D eigenvalue weighted by atomic mass is 16.5. The highest BCUT2D eigenvalue weighted by molar-refractivity contribution is 5.88. The fourth-order valence-electron chi connectivity index (χ4n) is 1.56. The Morgan fingerprint density at radius 2 is 1.84 bits per heavy atom. The molecule has 1 rings (SSSR count). The van der Waals surface area contributed by atoms with Crippen LogP contribution in [0.4, 0.5) is 5.69 Å². The summed E-state index contributed by atoms with van der Waals surface area (Å²) >= 11 is 0. The monoisotopic (exact) mass is 263 g/mol. The van der Waals surface area contributed by atoms with E-state index in [4.69, 9.17) is 4.74 Å². The third-order valence-electron chi connectivity index (χ3n) is 2.65. The molecule has 0 unspecified atom stereocenters. The molecular formula is C15H21NO3. The van der Waals surface area contributed by atoms with Crippen molar-refractivity contribution in [3.8, 4) is 5.75 Å². The number of carbonyl (C=O) groups excluding carboxylic acids is 2. The SMILES string of the molecule is CC(=O)Nc1ccc(OCCCC(=O)C(C)C)cc1. The first-order valence-corrected chi connectivity index (χ1v) is 6.52. The van der Waals surface area contributed by atoms with Gasteiger partial charge in [-0.25, -0.2) is 0 Å². The molecule has 0 saturated carbocycles. The smallest absolute Gasteiger partial charge is 0.221 e. The Morgan fingerprint density at radius 3 is 2.37 bits per heavy atom. The van der Waals surface area contributed by atoms with Crippen LogP contribution in [0.3, 0.4) is 0 Å².